The van der Waals surface area contributed by atoms with E-state index in [-0.39, 0.29) is 24.1 Å². The average Bonchev–Trinajstić information content (AvgIpc) is 3.18. The Balaban J connectivity index is 1.52. The molecule has 1 aromatic heterocycles. The van der Waals surface area contributed by atoms with Crippen molar-refractivity contribution in [3.05, 3.63) is 35.6 Å². The van der Waals surface area contributed by atoms with Gasteiger partial charge in [-0.05, 0) is 31.0 Å². The van der Waals surface area contributed by atoms with Crippen LogP contribution in [-0.4, -0.2) is 55.2 Å². The van der Waals surface area contributed by atoms with Crippen LogP contribution in [0, 0.1) is 0 Å². The summed E-state index contributed by atoms with van der Waals surface area (Å²) in [5, 5.41) is 11.6. The quantitative estimate of drug-likeness (QED) is 0.586. The lowest BCUT2D eigenvalue weighted by atomic mass is 9.78. The van der Waals surface area contributed by atoms with Crippen molar-refractivity contribution in [1.82, 2.24) is 25.0 Å². The van der Waals surface area contributed by atoms with Crippen LogP contribution in [0.25, 0.3) is 5.69 Å². The molecular formula is C19H20ClN5O3S. The number of hydrogen-bond acceptors (Lipinski definition) is 6. The number of thioether (sulfide) groups is 1. The Hall–Kier alpha value is -2.39. The minimum absolute atomic E-state index is 0.0571. The molecule has 1 N–H and O–H groups in total. The van der Waals surface area contributed by atoms with E-state index in [1.807, 2.05) is 12.1 Å². The number of rotatable bonds is 4. The van der Waals surface area contributed by atoms with Crippen molar-refractivity contribution in [3.63, 3.8) is 0 Å². The van der Waals surface area contributed by atoms with Gasteiger partial charge in [-0.25, -0.2) is 0 Å². The van der Waals surface area contributed by atoms with Crippen molar-refractivity contribution >= 4 is 41.1 Å². The molecule has 0 bridgehead atoms. The highest BCUT2D eigenvalue weighted by Gasteiger charge is 2.50. The maximum absolute atomic E-state index is 13.1. The number of nitrogens with zero attached hydrogens (tertiary/aromatic N) is 4. The molecule has 152 valence electrons. The molecule has 8 nitrogen and oxygen atoms in total. The molecule has 1 aliphatic carbocycles. The van der Waals surface area contributed by atoms with E-state index in [0.29, 0.717) is 23.0 Å². The van der Waals surface area contributed by atoms with Crippen LogP contribution in [0.4, 0.5) is 0 Å². The topological polar surface area (TPSA) is 97.2 Å². The zero-order valence-corrected chi connectivity index (χ0v) is 17.2. The molecule has 1 saturated carbocycles. The number of aromatic nitrogens is 3. The highest BCUT2D eigenvalue weighted by molar-refractivity contribution is 7.99. The molecule has 0 radical (unpaired) electrons. The van der Waals surface area contributed by atoms with Crippen LogP contribution in [0.5, 0.6) is 0 Å². The summed E-state index contributed by atoms with van der Waals surface area (Å²) < 4.78 is 1.74. The molecule has 1 saturated heterocycles. The number of hydrogen-bond donors (Lipinski definition) is 1. The molecule has 0 unspecified atom stereocenters. The van der Waals surface area contributed by atoms with Crippen LogP contribution in [-0.2, 0) is 14.4 Å². The SMILES string of the molecule is O=C1CN(C(=O)CSc2nncn2-c2cccc(Cl)c2)C2(CCCCC2)C(=O)N1. The molecule has 1 aliphatic heterocycles. The van der Waals surface area contributed by atoms with Crippen LogP contribution in [0.1, 0.15) is 32.1 Å². The fourth-order valence-corrected chi connectivity index (χ4v) is 4.98. The molecule has 2 fully saturated rings. The van der Waals surface area contributed by atoms with Gasteiger partial charge in [-0.15, -0.1) is 10.2 Å². The fourth-order valence-electron chi connectivity index (χ4n) is 3.99. The molecule has 1 aromatic carbocycles. The lowest BCUT2D eigenvalue weighted by Gasteiger charge is -2.47. The van der Waals surface area contributed by atoms with E-state index in [2.05, 4.69) is 15.5 Å². The molecule has 0 atom stereocenters. The summed E-state index contributed by atoms with van der Waals surface area (Å²) >= 11 is 7.28. The van der Waals surface area contributed by atoms with Crippen molar-refractivity contribution in [2.45, 2.75) is 42.8 Å². The molecule has 29 heavy (non-hydrogen) atoms. The van der Waals surface area contributed by atoms with E-state index in [4.69, 9.17) is 11.6 Å². The van der Waals surface area contributed by atoms with Crippen molar-refractivity contribution in [2.24, 2.45) is 0 Å². The zero-order chi connectivity index (χ0) is 20.4. The minimum atomic E-state index is -0.912. The average molecular weight is 434 g/mol. The molecule has 4 rings (SSSR count). The second-order valence-corrected chi connectivity index (χ2v) is 8.58. The number of amides is 3. The molecule has 1 spiro atoms. The molecular weight excluding hydrogens is 414 g/mol. The molecule has 2 aromatic rings. The van der Waals surface area contributed by atoms with Gasteiger partial charge < -0.3 is 4.90 Å². The first kappa shape index (κ1) is 19.9. The van der Waals surface area contributed by atoms with Gasteiger partial charge in [0.05, 0.1) is 11.4 Å². The van der Waals surface area contributed by atoms with Gasteiger partial charge in [0, 0.05) is 5.02 Å². The maximum Gasteiger partial charge on any atom is 0.252 e. The summed E-state index contributed by atoms with van der Waals surface area (Å²) in [5.74, 6) is -0.983. The second kappa shape index (κ2) is 8.16. The van der Waals surface area contributed by atoms with Crippen LogP contribution < -0.4 is 5.32 Å². The highest BCUT2D eigenvalue weighted by Crippen LogP contribution is 2.36. The Kier molecular flexibility index (Phi) is 5.60. The Morgan fingerprint density at radius 2 is 2.03 bits per heavy atom. The third-order valence-corrected chi connectivity index (χ3v) is 6.57. The molecule has 10 heteroatoms. The Morgan fingerprint density at radius 1 is 1.24 bits per heavy atom. The highest BCUT2D eigenvalue weighted by atomic mass is 35.5. The van der Waals surface area contributed by atoms with E-state index in [0.717, 1.165) is 24.9 Å². The normalized spacial score (nSPS) is 18.7. The van der Waals surface area contributed by atoms with Crippen LogP contribution in [0.15, 0.2) is 35.7 Å². The number of piperazine rings is 1. The van der Waals surface area contributed by atoms with Crippen LogP contribution in [0.3, 0.4) is 0 Å². The third kappa shape index (κ3) is 3.89. The number of nitrogens with one attached hydrogen (secondary N) is 1. The Morgan fingerprint density at radius 3 is 2.79 bits per heavy atom. The van der Waals surface area contributed by atoms with E-state index >= 15 is 0 Å². The van der Waals surface area contributed by atoms with Gasteiger partial charge in [0.25, 0.3) is 5.91 Å². The first-order valence-corrected chi connectivity index (χ1v) is 10.8. The smallest absolute Gasteiger partial charge is 0.252 e. The molecule has 3 amide bonds. The fraction of sp³-hybridized carbons (Fsp3) is 0.421. The predicted octanol–water partition coefficient (Wildman–Crippen LogP) is 2.20. The van der Waals surface area contributed by atoms with E-state index in [1.165, 1.54) is 16.7 Å². The summed E-state index contributed by atoms with van der Waals surface area (Å²) in [7, 11) is 0. The van der Waals surface area contributed by atoms with Gasteiger partial charge in [-0.3, -0.25) is 24.3 Å². The minimum Gasteiger partial charge on any atom is -0.318 e. The molecule has 2 aliphatic rings. The summed E-state index contributed by atoms with van der Waals surface area (Å²) in [4.78, 5) is 39.1. The zero-order valence-electron chi connectivity index (χ0n) is 15.6. The first-order chi connectivity index (χ1) is 14.0. The van der Waals surface area contributed by atoms with Gasteiger partial charge in [-0.1, -0.05) is 48.7 Å². The van der Waals surface area contributed by atoms with Crippen LogP contribution in [0.2, 0.25) is 5.02 Å². The largest absolute Gasteiger partial charge is 0.318 e. The first-order valence-electron chi connectivity index (χ1n) is 9.43. The Bertz CT molecular complexity index is 957. The number of carbonyl (C=O) groups excluding carboxylic acids is 3. The summed E-state index contributed by atoms with van der Waals surface area (Å²) in [5.41, 5.74) is -0.126. The lowest BCUT2D eigenvalue weighted by molar-refractivity contribution is -0.158. The predicted molar refractivity (Wildman–Crippen MR) is 108 cm³/mol. The van der Waals surface area contributed by atoms with Crippen molar-refractivity contribution in [2.75, 3.05) is 12.3 Å². The monoisotopic (exact) mass is 433 g/mol. The third-order valence-electron chi connectivity index (χ3n) is 5.40. The van der Waals surface area contributed by atoms with Crippen molar-refractivity contribution in [1.29, 1.82) is 0 Å². The van der Waals surface area contributed by atoms with Gasteiger partial charge >= 0.3 is 0 Å². The molecule has 2 heterocycles. The van der Waals surface area contributed by atoms with E-state index in [9.17, 15) is 14.4 Å². The lowest BCUT2D eigenvalue weighted by Crippen LogP contribution is -2.69. The van der Waals surface area contributed by atoms with Gasteiger partial charge in [-0.2, -0.15) is 0 Å². The number of benzene rings is 1. The summed E-state index contributed by atoms with van der Waals surface area (Å²) in [6.07, 6.45) is 5.48. The van der Waals surface area contributed by atoms with Gasteiger partial charge in [0.1, 0.15) is 18.4 Å². The number of carbonyl (C=O) groups is 3. The number of imide groups is 1. The summed E-state index contributed by atoms with van der Waals surface area (Å²) in [6.45, 7) is -0.0912. The summed E-state index contributed by atoms with van der Waals surface area (Å²) in [6, 6.07) is 7.24. The maximum atomic E-state index is 13.1. The standard InChI is InChI=1S/C19H20ClN5O3S/c20-13-5-4-6-14(9-13)24-12-21-23-18(24)29-11-16(27)25-10-15(26)22-17(28)19(25)7-2-1-3-8-19/h4-6,9,12H,1-3,7-8,10-11H2,(H,22,26,28). The van der Waals surface area contributed by atoms with Crippen molar-refractivity contribution in [3.8, 4) is 5.69 Å². The van der Waals surface area contributed by atoms with Gasteiger partial charge in [0.2, 0.25) is 11.8 Å². The van der Waals surface area contributed by atoms with E-state index < -0.39 is 11.4 Å². The Labute approximate surface area is 177 Å². The van der Waals surface area contributed by atoms with Gasteiger partial charge in [0.15, 0.2) is 5.16 Å². The second-order valence-electron chi connectivity index (χ2n) is 7.20. The van der Waals surface area contributed by atoms with Crippen LogP contribution >= 0.6 is 23.4 Å². The van der Waals surface area contributed by atoms with E-state index in [1.54, 1.807) is 23.0 Å². The number of halogens is 1. The van der Waals surface area contributed by atoms with Crippen molar-refractivity contribution < 1.29 is 14.4 Å².